The summed E-state index contributed by atoms with van der Waals surface area (Å²) in [6.45, 7) is 5.64. The molecule has 20 heavy (non-hydrogen) atoms. The molecule has 0 aliphatic rings. The highest BCUT2D eigenvalue weighted by molar-refractivity contribution is 9.10. The molecule has 0 saturated carbocycles. The van der Waals surface area contributed by atoms with E-state index in [1.165, 1.54) is 0 Å². The quantitative estimate of drug-likeness (QED) is 0.843. The highest BCUT2D eigenvalue weighted by Gasteiger charge is 2.07. The van der Waals surface area contributed by atoms with Crippen molar-refractivity contribution in [2.24, 2.45) is 0 Å². The second-order valence-corrected chi connectivity index (χ2v) is 5.73. The Labute approximate surface area is 132 Å². The Balaban J connectivity index is 2.20. The van der Waals surface area contributed by atoms with Gasteiger partial charge in [0, 0.05) is 23.3 Å². The van der Waals surface area contributed by atoms with Crippen molar-refractivity contribution >= 4 is 27.5 Å². The van der Waals surface area contributed by atoms with Gasteiger partial charge in [-0.3, -0.25) is 0 Å². The Morgan fingerprint density at radius 2 is 2.15 bits per heavy atom. The van der Waals surface area contributed by atoms with Crippen molar-refractivity contribution in [3.8, 4) is 11.6 Å². The zero-order valence-corrected chi connectivity index (χ0v) is 13.8. The van der Waals surface area contributed by atoms with Gasteiger partial charge >= 0.3 is 0 Å². The van der Waals surface area contributed by atoms with Crippen molar-refractivity contribution in [3.05, 3.63) is 51.1 Å². The fourth-order valence-electron chi connectivity index (χ4n) is 1.75. The average Bonchev–Trinajstić information content (AvgIpc) is 2.42. The van der Waals surface area contributed by atoms with Gasteiger partial charge in [0.25, 0.3) is 0 Å². The average molecular weight is 356 g/mol. The molecule has 0 aliphatic carbocycles. The third kappa shape index (κ3) is 3.95. The van der Waals surface area contributed by atoms with Crippen LogP contribution in [0.1, 0.15) is 18.1 Å². The van der Waals surface area contributed by atoms with Crippen LogP contribution in [0.4, 0.5) is 0 Å². The highest BCUT2D eigenvalue weighted by atomic mass is 79.9. The summed E-state index contributed by atoms with van der Waals surface area (Å²) in [6.07, 6.45) is 1.62. The number of aryl methyl sites for hydroxylation is 1. The largest absolute Gasteiger partial charge is 0.439 e. The molecule has 0 fully saturated rings. The molecule has 1 aromatic heterocycles. The maximum absolute atomic E-state index is 6.12. The lowest BCUT2D eigenvalue weighted by Gasteiger charge is -2.10. The van der Waals surface area contributed by atoms with Crippen molar-refractivity contribution < 1.29 is 4.74 Å². The van der Waals surface area contributed by atoms with Crippen LogP contribution in [0.15, 0.2) is 34.9 Å². The molecule has 2 aromatic rings. The molecule has 1 N–H and O–H groups in total. The van der Waals surface area contributed by atoms with Gasteiger partial charge in [-0.25, -0.2) is 4.98 Å². The van der Waals surface area contributed by atoms with E-state index in [1.54, 1.807) is 6.20 Å². The van der Waals surface area contributed by atoms with Gasteiger partial charge in [-0.05, 0) is 42.8 Å². The van der Waals surface area contributed by atoms with E-state index in [9.17, 15) is 0 Å². The van der Waals surface area contributed by atoms with E-state index in [2.05, 4.69) is 33.2 Å². The van der Waals surface area contributed by atoms with Crippen LogP contribution in [0.5, 0.6) is 11.6 Å². The molecule has 0 bridgehead atoms. The predicted octanol–water partition coefficient (Wildman–Crippen LogP) is 4.71. The minimum absolute atomic E-state index is 0.549. The zero-order valence-electron chi connectivity index (χ0n) is 11.4. The molecule has 0 atom stereocenters. The Bertz CT molecular complexity index is 604. The smallest absolute Gasteiger partial charge is 0.219 e. The van der Waals surface area contributed by atoms with Crippen LogP contribution in [0.25, 0.3) is 0 Å². The van der Waals surface area contributed by atoms with Crippen LogP contribution in [0.3, 0.4) is 0 Å². The summed E-state index contributed by atoms with van der Waals surface area (Å²) in [5.41, 5.74) is 2.03. The molecule has 0 saturated heterocycles. The standard InChI is InChI=1S/C15H16BrClN2O/c1-3-18-8-11-7-15(19-9-13(11)17)20-14-5-4-12(16)6-10(14)2/h4-7,9,18H,3,8H2,1-2H3. The van der Waals surface area contributed by atoms with Crippen molar-refractivity contribution in [3.63, 3.8) is 0 Å². The van der Waals surface area contributed by atoms with E-state index < -0.39 is 0 Å². The van der Waals surface area contributed by atoms with Gasteiger partial charge in [-0.1, -0.05) is 34.5 Å². The first-order valence-corrected chi connectivity index (χ1v) is 7.56. The fraction of sp³-hybridized carbons (Fsp3) is 0.267. The zero-order chi connectivity index (χ0) is 14.5. The van der Waals surface area contributed by atoms with Gasteiger partial charge in [-0.2, -0.15) is 0 Å². The SMILES string of the molecule is CCNCc1cc(Oc2ccc(Br)cc2C)ncc1Cl. The molecule has 0 radical (unpaired) electrons. The number of pyridine rings is 1. The van der Waals surface area contributed by atoms with Gasteiger partial charge in [0.05, 0.1) is 5.02 Å². The molecular formula is C15H16BrClN2O. The number of hydrogen-bond acceptors (Lipinski definition) is 3. The van der Waals surface area contributed by atoms with Crippen molar-refractivity contribution in [2.45, 2.75) is 20.4 Å². The second kappa shape index (κ2) is 7.07. The first-order valence-electron chi connectivity index (χ1n) is 6.39. The van der Waals surface area contributed by atoms with Crippen LogP contribution in [-0.4, -0.2) is 11.5 Å². The maximum atomic E-state index is 6.12. The first kappa shape index (κ1) is 15.3. The lowest BCUT2D eigenvalue weighted by molar-refractivity contribution is 0.458. The van der Waals surface area contributed by atoms with Crippen molar-refractivity contribution in [1.82, 2.24) is 10.3 Å². The molecular weight excluding hydrogens is 340 g/mol. The Hall–Kier alpha value is -1.10. The number of aromatic nitrogens is 1. The van der Waals surface area contributed by atoms with Crippen molar-refractivity contribution in [2.75, 3.05) is 6.54 Å². The van der Waals surface area contributed by atoms with Crippen LogP contribution >= 0.6 is 27.5 Å². The molecule has 0 amide bonds. The van der Waals surface area contributed by atoms with Gasteiger partial charge in [-0.15, -0.1) is 0 Å². The lowest BCUT2D eigenvalue weighted by Crippen LogP contribution is -2.12. The number of ether oxygens (including phenoxy) is 1. The van der Waals surface area contributed by atoms with E-state index in [4.69, 9.17) is 16.3 Å². The Kier molecular flexibility index (Phi) is 5.40. The highest BCUT2D eigenvalue weighted by Crippen LogP contribution is 2.28. The second-order valence-electron chi connectivity index (χ2n) is 4.41. The summed E-state index contributed by atoms with van der Waals surface area (Å²) in [5.74, 6) is 1.34. The van der Waals surface area contributed by atoms with E-state index in [0.29, 0.717) is 17.4 Å². The van der Waals surface area contributed by atoms with E-state index in [-0.39, 0.29) is 0 Å². The molecule has 0 aliphatic heterocycles. The fourth-order valence-corrected chi connectivity index (χ4v) is 2.40. The van der Waals surface area contributed by atoms with Gasteiger partial charge in [0.2, 0.25) is 5.88 Å². The molecule has 0 unspecified atom stereocenters. The van der Waals surface area contributed by atoms with Gasteiger partial charge < -0.3 is 10.1 Å². The molecule has 2 rings (SSSR count). The number of nitrogens with zero attached hydrogens (tertiary/aromatic N) is 1. The van der Waals surface area contributed by atoms with Crippen molar-refractivity contribution in [1.29, 1.82) is 0 Å². The Morgan fingerprint density at radius 3 is 2.85 bits per heavy atom. The monoisotopic (exact) mass is 354 g/mol. The number of rotatable bonds is 5. The molecule has 5 heteroatoms. The summed E-state index contributed by atoms with van der Waals surface area (Å²) in [7, 11) is 0. The summed E-state index contributed by atoms with van der Waals surface area (Å²) in [5, 5.41) is 3.89. The predicted molar refractivity (Wildman–Crippen MR) is 85.6 cm³/mol. The molecule has 1 aromatic carbocycles. The molecule has 0 spiro atoms. The van der Waals surface area contributed by atoms with Crippen LogP contribution in [-0.2, 0) is 6.54 Å². The van der Waals surface area contributed by atoms with Crippen LogP contribution in [0.2, 0.25) is 5.02 Å². The summed E-state index contributed by atoms with van der Waals surface area (Å²) >= 11 is 9.56. The summed E-state index contributed by atoms with van der Waals surface area (Å²) in [4.78, 5) is 4.21. The van der Waals surface area contributed by atoms with Gasteiger partial charge in [0.1, 0.15) is 5.75 Å². The van der Waals surface area contributed by atoms with Gasteiger partial charge in [0.15, 0.2) is 0 Å². The third-order valence-corrected chi connectivity index (χ3v) is 3.66. The number of benzene rings is 1. The topological polar surface area (TPSA) is 34.1 Å². The number of halogens is 2. The molecule has 106 valence electrons. The maximum Gasteiger partial charge on any atom is 0.219 e. The van der Waals surface area contributed by atoms with E-state index >= 15 is 0 Å². The van der Waals surface area contributed by atoms with E-state index in [0.717, 1.165) is 27.9 Å². The number of hydrogen-bond donors (Lipinski definition) is 1. The summed E-state index contributed by atoms with van der Waals surface area (Å²) < 4.78 is 6.85. The minimum atomic E-state index is 0.549. The van der Waals surface area contributed by atoms with Crippen LogP contribution < -0.4 is 10.1 Å². The minimum Gasteiger partial charge on any atom is -0.439 e. The third-order valence-electron chi connectivity index (χ3n) is 2.83. The normalized spacial score (nSPS) is 10.6. The first-order chi connectivity index (χ1) is 9.60. The Morgan fingerprint density at radius 1 is 1.35 bits per heavy atom. The lowest BCUT2D eigenvalue weighted by atomic mass is 10.2. The summed E-state index contributed by atoms with van der Waals surface area (Å²) in [6, 6.07) is 7.73. The molecule has 3 nitrogen and oxygen atoms in total. The number of nitrogens with one attached hydrogen (secondary N) is 1. The van der Waals surface area contributed by atoms with Crippen LogP contribution in [0, 0.1) is 6.92 Å². The molecule has 1 heterocycles. The van der Waals surface area contributed by atoms with E-state index in [1.807, 2.05) is 31.2 Å².